The van der Waals surface area contributed by atoms with Gasteiger partial charge in [-0.05, 0) is 55.0 Å². The summed E-state index contributed by atoms with van der Waals surface area (Å²) >= 11 is 0. The summed E-state index contributed by atoms with van der Waals surface area (Å²) in [4.78, 5) is 39.7. The highest BCUT2D eigenvalue weighted by atomic mass is 16.5. The molecule has 0 unspecified atom stereocenters. The summed E-state index contributed by atoms with van der Waals surface area (Å²) in [6.07, 6.45) is 2.82. The van der Waals surface area contributed by atoms with Crippen molar-refractivity contribution in [2.75, 3.05) is 32.7 Å². The Morgan fingerprint density at radius 2 is 1.84 bits per heavy atom. The fourth-order valence-corrected chi connectivity index (χ4v) is 5.59. The van der Waals surface area contributed by atoms with Crippen LogP contribution in [0.25, 0.3) is 0 Å². The van der Waals surface area contributed by atoms with E-state index in [-0.39, 0.29) is 61.6 Å². The monoisotopic (exact) mass is 507 g/mol. The van der Waals surface area contributed by atoms with Crippen LogP contribution in [0, 0.1) is 0 Å². The van der Waals surface area contributed by atoms with Gasteiger partial charge in [0.1, 0.15) is 25.1 Å². The molecule has 1 fully saturated rings. The number of nitrogens with one attached hydrogen (secondary N) is 2. The molecular formula is C28H33N3O6. The molecule has 1 saturated heterocycles. The van der Waals surface area contributed by atoms with E-state index in [2.05, 4.69) is 22.8 Å². The van der Waals surface area contributed by atoms with Crippen molar-refractivity contribution in [3.63, 3.8) is 0 Å². The minimum absolute atomic E-state index is 0.00848. The molecule has 0 saturated carbocycles. The van der Waals surface area contributed by atoms with Crippen molar-refractivity contribution in [2.24, 2.45) is 0 Å². The summed E-state index contributed by atoms with van der Waals surface area (Å²) < 4.78 is 17.2. The van der Waals surface area contributed by atoms with Gasteiger partial charge in [-0.2, -0.15) is 0 Å². The van der Waals surface area contributed by atoms with Crippen LogP contribution in [0.2, 0.25) is 0 Å². The number of hydrogen-bond acceptors (Lipinski definition) is 6. The van der Waals surface area contributed by atoms with Crippen molar-refractivity contribution in [1.29, 1.82) is 0 Å². The molecule has 3 aliphatic rings. The maximum atomic E-state index is 13.3. The Bertz CT molecular complexity index is 1160. The lowest BCUT2D eigenvalue weighted by Gasteiger charge is -2.42. The molecule has 2 aromatic rings. The minimum atomic E-state index is -0.342. The van der Waals surface area contributed by atoms with Crippen LogP contribution < -0.4 is 15.4 Å². The van der Waals surface area contributed by atoms with Crippen molar-refractivity contribution >= 4 is 23.4 Å². The molecule has 2 N–H and O–H groups in total. The number of amides is 3. The van der Waals surface area contributed by atoms with Gasteiger partial charge in [0, 0.05) is 25.9 Å². The zero-order chi connectivity index (χ0) is 25.9. The van der Waals surface area contributed by atoms with Gasteiger partial charge in [0.25, 0.3) is 5.91 Å². The average Bonchev–Trinajstić information content (AvgIpc) is 3.28. The minimum Gasteiger partial charge on any atom is -0.490 e. The van der Waals surface area contributed by atoms with E-state index in [0.29, 0.717) is 29.8 Å². The first-order valence-corrected chi connectivity index (χ1v) is 12.8. The predicted octanol–water partition coefficient (Wildman–Crippen LogP) is 2.33. The van der Waals surface area contributed by atoms with E-state index >= 15 is 0 Å². The first-order chi connectivity index (χ1) is 17.9. The number of carbonyl (C=O) groups is 3. The van der Waals surface area contributed by atoms with E-state index in [9.17, 15) is 14.4 Å². The molecule has 0 radical (unpaired) electrons. The van der Waals surface area contributed by atoms with Gasteiger partial charge in [-0.15, -0.1) is 0 Å². The van der Waals surface area contributed by atoms with Crippen molar-refractivity contribution in [1.82, 2.24) is 10.2 Å². The molecule has 9 nitrogen and oxygen atoms in total. The molecule has 0 spiro atoms. The molecule has 37 heavy (non-hydrogen) atoms. The summed E-state index contributed by atoms with van der Waals surface area (Å²) in [7, 11) is 3.21. The maximum absolute atomic E-state index is 13.3. The second kappa shape index (κ2) is 10.9. The third-order valence-electron chi connectivity index (χ3n) is 7.40. The molecule has 9 heteroatoms. The molecule has 2 heterocycles. The zero-order valence-corrected chi connectivity index (χ0v) is 21.2. The normalized spacial score (nSPS) is 23.1. The summed E-state index contributed by atoms with van der Waals surface area (Å²) in [6.45, 7) is 0.191. The highest BCUT2D eigenvalue weighted by Crippen LogP contribution is 2.32. The van der Waals surface area contributed by atoms with E-state index in [1.165, 1.54) is 18.2 Å². The Labute approximate surface area is 216 Å². The molecule has 3 amide bonds. The van der Waals surface area contributed by atoms with Crippen molar-refractivity contribution < 1.29 is 28.6 Å². The number of ether oxygens (including phenoxy) is 3. The van der Waals surface area contributed by atoms with Crippen LogP contribution in [0.15, 0.2) is 42.5 Å². The SMILES string of the molecule is COCC(=O)Nc1ccc2c(c1)C(=O)N(C)[C@@H]1CC[C@H](CC(=O)NC3Cc4ccccc4C3)O[C@@H]1CO2. The molecule has 0 bridgehead atoms. The number of rotatable bonds is 6. The van der Waals surface area contributed by atoms with Crippen molar-refractivity contribution in [3.05, 3.63) is 59.2 Å². The Balaban J connectivity index is 1.20. The zero-order valence-electron chi connectivity index (χ0n) is 21.2. The van der Waals surface area contributed by atoms with Gasteiger partial charge < -0.3 is 29.7 Å². The van der Waals surface area contributed by atoms with Crippen LogP contribution in [0.5, 0.6) is 5.75 Å². The Kier molecular flexibility index (Phi) is 7.43. The van der Waals surface area contributed by atoms with E-state index in [4.69, 9.17) is 14.2 Å². The fourth-order valence-electron chi connectivity index (χ4n) is 5.59. The van der Waals surface area contributed by atoms with Gasteiger partial charge in [-0.3, -0.25) is 14.4 Å². The molecular weight excluding hydrogens is 474 g/mol. The van der Waals surface area contributed by atoms with Crippen LogP contribution in [-0.2, 0) is 31.9 Å². The quantitative estimate of drug-likeness (QED) is 0.622. The third kappa shape index (κ3) is 5.62. The molecule has 1 aliphatic carbocycles. The van der Waals surface area contributed by atoms with Crippen molar-refractivity contribution in [2.45, 2.75) is 56.4 Å². The molecule has 3 atom stereocenters. The number of nitrogens with zero attached hydrogens (tertiary/aromatic N) is 1. The summed E-state index contributed by atoms with van der Waals surface area (Å²) in [5.74, 6) is -0.0772. The van der Waals surface area contributed by atoms with E-state index < -0.39 is 0 Å². The van der Waals surface area contributed by atoms with Gasteiger partial charge >= 0.3 is 0 Å². The largest absolute Gasteiger partial charge is 0.490 e. The Morgan fingerprint density at radius 3 is 2.57 bits per heavy atom. The second-order valence-electron chi connectivity index (χ2n) is 10.0. The van der Waals surface area contributed by atoms with E-state index in [0.717, 1.165) is 12.8 Å². The first kappa shape index (κ1) is 25.2. The van der Waals surface area contributed by atoms with Crippen LogP contribution in [0.1, 0.15) is 40.7 Å². The highest BCUT2D eigenvalue weighted by molar-refractivity contribution is 6.00. The van der Waals surface area contributed by atoms with Gasteiger partial charge in [-0.25, -0.2) is 0 Å². The van der Waals surface area contributed by atoms with Gasteiger partial charge in [0.05, 0.1) is 24.1 Å². The predicted molar refractivity (Wildman–Crippen MR) is 137 cm³/mol. The number of benzene rings is 2. The number of carbonyl (C=O) groups excluding carboxylic acids is 3. The summed E-state index contributed by atoms with van der Waals surface area (Å²) in [5.41, 5.74) is 3.48. The molecule has 196 valence electrons. The maximum Gasteiger partial charge on any atom is 0.257 e. The van der Waals surface area contributed by atoms with Crippen LogP contribution >= 0.6 is 0 Å². The molecule has 2 aromatic carbocycles. The number of methoxy groups -OCH3 is 1. The Hall–Kier alpha value is -3.43. The number of fused-ring (bicyclic) bond motifs is 3. The lowest BCUT2D eigenvalue weighted by Crippen LogP contribution is -2.54. The fraction of sp³-hybridized carbons (Fsp3) is 0.464. The van der Waals surface area contributed by atoms with Crippen LogP contribution in [-0.4, -0.2) is 74.3 Å². The lowest BCUT2D eigenvalue weighted by molar-refractivity contribution is -0.134. The van der Waals surface area contributed by atoms with Gasteiger partial charge in [-0.1, -0.05) is 24.3 Å². The molecule has 2 aliphatic heterocycles. The topological polar surface area (TPSA) is 106 Å². The highest BCUT2D eigenvalue weighted by Gasteiger charge is 2.39. The van der Waals surface area contributed by atoms with Gasteiger partial charge in [0.15, 0.2) is 0 Å². The van der Waals surface area contributed by atoms with Crippen molar-refractivity contribution in [3.8, 4) is 5.75 Å². The molecule has 5 rings (SSSR count). The summed E-state index contributed by atoms with van der Waals surface area (Å²) in [6, 6.07) is 13.3. The second-order valence-corrected chi connectivity index (χ2v) is 10.0. The van der Waals surface area contributed by atoms with Gasteiger partial charge in [0.2, 0.25) is 11.8 Å². The first-order valence-electron chi connectivity index (χ1n) is 12.8. The summed E-state index contributed by atoms with van der Waals surface area (Å²) in [5, 5.41) is 5.89. The average molecular weight is 508 g/mol. The molecule has 0 aromatic heterocycles. The lowest BCUT2D eigenvalue weighted by atomic mass is 9.94. The third-order valence-corrected chi connectivity index (χ3v) is 7.40. The van der Waals surface area contributed by atoms with Crippen LogP contribution in [0.3, 0.4) is 0 Å². The van der Waals surface area contributed by atoms with E-state index in [1.807, 2.05) is 12.1 Å². The number of anilines is 1. The number of hydrogen-bond donors (Lipinski definition) is 2. The Morgan fingerprint density at radius 1 is 1.08 bits per heavy atom. The standard InChI is InChI=1S/C28H33N3O6/c1-31-23-9-8-21(14-26(32)30-20-11-17-5-3-4-6-18(17)12-20)37-25(23)15-36-24-10-7-19(13-22(24)28(31)34)29-27(33)16-35-2/h3-7,10,13,20-21,23,25H,8-9,11-12,14-16H2,1-2H3,(H,29,33)(H,30,32)/t21-,23-,25-/m1/s1. The smallest absolute Gasteiger partial charge is 0.257 e. The number of likely N-dealkylation sites (N-methyl/N-ethyl adjacent to an activating group) is 1. The van der Waals surface area contributed by atoms with E-state index in [1.54, 1.807) is 30.1 Å². The van der Waals surface area contributed by atoms with Crippen LogP contribution in [0.4, 0.5) is 5.69 Å².